The molecule has 14 heteroatoms. The average Bonchev–Trinajstić information content (AvgIpc) is 0.789. The van der Waals surface area contributed by atoms with Crippen molar-refractivity contribution in [3.63, 3.8) is 0 Å². The van der Waals surface area contributed by atoms with E-state index in [1.807, 2.05) is 0 Å². The Morgan fingerprint density at radius 3 is 1.02 bits per heavy atom. The van der Waals surface area contributed by atoms with Gasteiger partial charge >= 0.3 is 0 Å². The first-order valence-corrected chi connectivity index (χ1v) is 42.1. The summed E-state index contributed by atoms with van der Waals surface area (Å²) < 4.78 is 23.0. The van der Waals surface area contributed by atoms with Crippen molar-refractivity contribution in [1.29, 1.82) is 0 Å². The van der Waals surface area contributed by atoms with Gasteiger partial charge < -0.3 is 65.1 Å². The highest BCUT2D eigenvalue weighted by Crippen LogP contribution is 2.30. The molecule has 12 unspecified atom stereocenters. The molecule has 0 aromatic rings. The van der Waals surface area contributed by atoms with Crippen LogP contribution in [0.15, 0.2) is 146 Å². The van der Waals surface area contributed by atoms with Crippen LogP contribution in [0.3, 0.4) is 0 Å². The van der Waals surface area contributed by atoms with Gasteiger partial charge in [0.05, 0.1) is 32.0 Å². The summed E-state index contributed by atoms with van der Waals surface area (Å²) in [5, 5.41) is 87.9. The number of hydrogen-bond acceptors (Lipinski definition) is 13. The summed E-state index contributed by atoms with van der Waals surface area (Å²) in [6, 6.07) is -0.856. The molecular weight excluding hydrogens is 1300 g/mol. The number of unbranched alkanes of at least 4 members (excludes halogenated alkanes) is 32. The monoisotopic (exact) mass is 1460 g/mol. The number of nitrogens with one attached hydrogen (secondary N) is 1. The summed E-state index contributed by atoms with van der Waals surface area (Å²) in [5.41, 5.74) is 0. The molecule has 14 nitrogen and oxygen atoms in total. The lowest BCUT2D eigenvalue weighted by molar-refractivity contribution is -0.359. The quantitative estimate of drug-likeness (QED) is 0.0204. The highest BCUT2D eigenvalue weighted by Gasteiger charge is 2.51. The van der Waals surface area contributed by atoms with E-state index in [4.69, 9.17) is 18.9 Å². The Morgan fingerprint density at radius 2 is 0.663 bits per heavy atom. The average molecular weight is 1460 g/mol. The van der Waals surface area contributed by atoms with E-state index in [0.29, 0.717) is 12.8 Å². The number of hydrogen-bond donors (Lipinski definition) is 9. The summed E-state index contributed by atoms with van der Waals surface area (Å²) in [6.07, 6.45) is 91.7. The van der Waals surface area contributed by atoms with E-state index in [1.54, 1.807) is 0 Å². The highest BCUT2D eigenvalue weighted by atomic mass is 16.7. The normalized spacial score (nSPS) is 22.2. The molecule has 0 radical (unpaired) electrons. The van der Waals surface area contributed by atoms with Gasteiger partial charge in [-0.1, -0.05) is 359 Å². The molecule has 1 amide bonds. The first kappa shape index (κ1) is 95.9. The Kier molecular flexibility index (Phi) is 66.2. The van der Waals surface area contributed by atoms with Gasteiger partial charge in [-0.05, 0) is 103 Å². The van der Waals surface area contributed by atoms with Crippen LogP contribution in [0.2, 0.25) is 0 Å². The van der Waals surface area contributed by atoms with Gasteiger partial charge in [0.2, 0.25) is 5.91 Å². The Balaban J connectivity index is 1.63. The van der Waals surface area contributed by atoms with Crippen molar-refractivity contribution in [3.8, 4) is 0 Å². The molecule has 2 saturated heterocycles. The Hall–Kier alpha value is -4.13. The largest absolute Gasteiger partial charge is 0.394 e. The number of carbonyl (C=O) groups is 1. The molecule has 9 N–H and O–H groups in total. The molecule has 104 heavy (non-hydrogen) atoms. The van der Waals surface area contributed by atoms with Gasteiger partial charge in [-0.15, -0.1) is 0 Å². The molecular formula is C90H153NO13. The molecule has 2 aliphatic heterocycles. The third kappa shape index (κ3) is 53.6. The third-order valence-corrected chi connectivity index (χ3v) is 19.6. The van der Waals surface area contributed by atoms with E-state index in [-0.39, 0.29) is 18.9 Å². The standard InChI is InChI=1S/C90H153NO13/c1-3-5-7-9-11-13-15-17-19-21-23-25-27-29-31-33-34-35-36-37-38-39-40-41-42-43-44-46-48-50-52-54-56-58-60-62-64-66-68-70-72-74-82(95)91-78(77-101-89-87(100)85(98)88(81(76-93)103-89)104-90-86(99)84(97)83(96)80(75-92)102-90)79(94)73-71-69-67-65-63-61-59-57-55-53-51-49-47-45-32-30-28-26-24-22-20-18-16-14-12-10-8-6-4-2/h5,7,11,13,17,19,23,25,29,31,34-35,37-38,40-41,43-44,48,50,54,56,60,62,78-81,83-90,92-94,96-100H,3-4,6,8-10,12,14-16,18,20-22,24,26-28,30,32-33,36,39,42,45-47,49,51-53,55,57-59,61,63-77H2,1-2H3,(H,91,95)/b7-5-,13-11-,19-17-,25-23-,31-29-,35-34-,38-37-,41-40-,44-43-,50-48-,56-54-,62-60-. The molecule has 2 rings (SSSR count). The van der Waals surface area contributed by atoms with Crippen LogP contribution in [0.25, 0.3) is 0 Å². The molecule has 0 aromatic carbocycles. The third-order valence-electron chi connectivity index (χ3n) is 19.6. The topological polar surface area (TPSA) is 228 Å². The molecule has 2 aliphatic rings. The summed E-state index contributed by atoms with van der Waals surface area (Å²) >= 11 is 0. The van der Waals surface area contributed by atoms with Gasteiger partial charge in [0.25, 0.3) is 0 Å². The second kappa shape index (κ2) is 71.8. The van der Waals surface area contributed by atoms with Gasteiger partial charge in [0.15, 0.2) is 12.6 Å². The van der Waals surface area contributed by atoms with Crippen LogP contribution in [0.1, 0.15) is 322 Å². The van der Waals surface area contributed by atoms with Gasteiger partial charge in [-0.2, -0.15) is 0 Å². The lowest BCUT2D eigenvalue weighted by atomic mass is 9.97. The number of rotatable bonds is 69. The van der Waals surface area contributed by atoms with Crippen LogP contribution in [0.5, 0.6) is 0 Å². The SMILES string of the molecule is CC/C=C\C/C=C\C/C=C\C/C=C\C/C=C\C/C=C\C/C=C\C/C=C\C/C=C\C/C=C\C/C=C\C/C=C\CCCCCCC(=O)NC(COC1OC(CO)C(OC2OC(CO)C(O)C(O)C2O)C(O)C1O)C(O)CCCCCCCCCCCCCCCCCCCCCCCCCCCCCCC. The predicted octanol–water partition coefficient (Wildman–Crippen LogP) is 19.9. The molecule has 0 bridgehead atoms. The molecule has 0 spiro atoms. The second-order valence-corrected chi connectivity index (χ2v) is 28.9. The number of aliphatic hydroxyl groups excluding tert-OH is 8. The molecule has 2 fully saturated rings. The van der Waals surface area contributed by atoms with Crippen molar-refractivity contribution in [1.82, 2.24) is 5.32 Å². The maximum Gasteiger partial charge on any atom is 0.220 e. The predicted molar refractivity (Wildman–Crippen MR) is 433 cm³/mol. The van der Waals surface area contributed by atoms with Gasteiger partial charge in [0.1, 0.15) is 48.8 Å². The van der Waals surface area contributed by atoms with Crippen molar-refractivity contribution >= 4 is 5.91 Å². The lowest BCUT2D eigenvalue weighted by Crippen LogP contribution is -2.65. The minimum Gasteiger partial charge on any atom is -0.394 e. The number of carbonyl (C=O) groups excluding carboxylic acids is 1. The fraction of sp³-hybridized carbons (Fsp3) is 0.722. The van der Waals surface area contributed by atoms with Gasteiger partial charge in [-0.3, -0.25) is 4.79 Å². The number of amides is 1. The maximum absolute atomic E-state index is 13.4. The van der Waals surface area contributed by atoms with E-state index in [1.165, 1.54) is 161 Å². The lowest BCUT2D eigenvalue weighted by Gasteiger charge is -2.46. The van der Waals surface area contributed by atoms with Crippen molar-refractivity contribution in [3.05, 3.63) is 146 Å². The van der Waals surface area contributed by atoms with Crippen LogP contribution in [-0.2, 0) is 23.7 Å². The first-order valence-electron chi connectivity index (χ1n) is 42.1. The molecule has 0 aromatic heterocycles. The fourth-order valence-corrected chi connectivity index (χ4v) is 13.0. The van der Waals surface area contributed by atoms with Crippen LogP contribution in [0.4, 0.5) is 0 Å². The number of allylic oxidation sites excluding steroid dienone is 24. The summed E-state index contributed by atoms with van der Waals surface area (Å²) in [7, 11) is 0. The summed E-state index contributed by atoms with van der Waals surface area (Å²) in [6.45, 7) is 2.76. The van der Waals surface area contributed by atoms with Crippen molar-refractivity contribution in [2.24, 2.45) is 0 Å². The van der Waals surface area contributed by atoms with Crippen LogP contribution >= 0.6 is 0 Å². The minimum atomic E-state index is -1.79. The molecule has 0 aliphatic carbocycles. The summed E-state index contributed by atoms with van der Waals surface area (Å²) in [5.74, 6) is -0.233. The van der Waals surface area contributed by atoms with Crippen molar-refractivity contribution in [2.75, 3.05) is 19.8 Å². The zero-order valence-corrected chi connectivity index (χ0v) is 65.5. The van der Waals surface area contributed by atoms with E-state index in [0.717, 1.165) is 128 Å². The van der Waals surface area contributed by atoms with Crippen LogP contribution < -0.4 is 5.32 Å². The zero-order valence-electron chi connectivity index (χ0n) is 65.5. The van der Waals surface area contributed by atoms with E-state index >= 15 is 0 Å². The second-order valence-electron chi connectivity index (χ2n) is 28.9. The Bertz CT molecular complexity index is 2320. The number of aliphatic hydroxyl groups is 8. The van der Waals surface area contributed by atoms with Crippen LogP contribution in [-0.4, -0.2) is 140 Å². The van der Waals surface area contributed by atoms with Gasteiger partial charge in [0, 0.05) is 6.42 Å². The van der Waals surface area contributed by atoms with E-state index < -0.39 is 86.8 Å². The molecule has 0 saturated carbocycles. The smallest absolute Gasteiger partial charge is 0.220 e. The van der Waals surface area contributed by atoms with Crippen molar-refractivity contribution in [2.45, 2.75) is 396 Å². The maximum atomic E-state index is 13.4. The van der Waals surface area contributed by atoms with Gasteiger partial charge in [-0.25, -0.2) is 0 Å². The first-order chi connectivity index (χ1) is 51.1. The highest BCUT2D eigenvalue weighted by molar-refractivity contribution is 5.76. The molecule has 2 heterocycles. The van der Waals surface area contributed by atoms with E-state index in [2.05, 4.69) is 165 Å². The summed E-state index contributed by atoms with van der Waals surface area (Å²) in [4.78, 5) is 13.4. The molecule has 596 valence electrons. The van der Waals surface area contributed by atoms with Crippen molar-refractivity contribution < 1.29 is 64.6 Å². The van der Waals surface area contributed by atoms with E-state index in [9.17, 15) is 45.6 Å². The minimum absolute atomic E-state index is 0.233. The Morgan fingerprint density at radius 1 is 0.356 bits per heavy atom. The molecule has 12 atom stereocenters. The fourth-order valence-electron chi connectivity index (χ4n) is 13.0. The Labute approximate surface area is 633 Å². The zero-order chi connectivity index (χ0) is 75.1. The number of ether oxygens (including phenoxy) is 4. The van der Waals surface area contributed by atoms with Crippen LogP contribution in [0, 0.1) is 0 Å².